The molecule has 0 saturated carbocycles. The van der Waals surface area contributed by atoms with E-state index in [1.807, 2.05) is 0 Å². The maximum absolute atomic E-state index is 12.4. The minimum atomic E-state index is 0.0582. The zero-order valence-electron chi connectivity index (χ0n) is 12.7. The number of rotatable bonds is 7. The van der Waals surface area contributed by atoms with Gasteiger partial charge in [-0.3, -0.25) is 10.1 Å². The topological polar surface area (TPSA) is 32.3 Å². The summed E-state index contributed by atoms with van der Waals surface area (Å²) in [4.78, 5) is 14.5. The molecule has 3 nitrogen and oxygen atoms in total. The minimum absolute atomic E-state index is 0.0582. The van der Waals surface area contributed by atoms with E-state index >= 15 is 0 Å². The normalized spacial score (nSPS) is 26.1. The van der Waals surface area contributed by atoms with E-state index in [-0.39, 0.29) is 12.2 Å². The van der Waals surface area contributed by atoms with Crippen LogP contribution in [0.4, 0.5) is 0 Å². The van der Waals surface area contributed by atoms with Gasteiger partial charge in [-0.25, -0.2) is 0 Å². The van der Waals surface area contributed by atoms with Crippen LogP contribution in [0, 0.1) is 11.8 Å². The van der Waals surface area contributed by atoms with E-state index in [2.05, 4.69) is 44.8 Å². The lowest BCUT2D eigenvalue weighted by Gasteiger charge is -2.27. The van der Waals surface area contributed by atoms with Crippen molar-refractivity contribution < 1.29 is 4.79 Å². The van der Waals surface area contributed by atoms with Gasteiger partial charge in [-0.05, 0) is 24.7 Å². The highest BCUT2D eigenvalue weighted by Gasteiger charge is 2.38. The van der Waals surface area contributed by atoms with Crippen LogP contribution in [0.25, 0.3) is 0 Å². The van der Waals surface area contributed by atoms with Crippen molar-refractivity contribution in [2.45, 2.75) is 72.5 Å². The molecule has 1 saturated heterocycles. The zero-order chi connectivity index (χ0) is 13.7. The molecular weight excluding hydrogens is 224 g/mol. The predicted octanol–water partition coefficient (Wildman–Crippen LogP) is 3.01. The first-order chi connectivity index (χ1) is 8.49. The summed E-state index contributed by atoms with van der Waals surface area (Å²) in [6, 6.07) is 0.0582. The lowest BCUT2D eigenvalue weighted by Crippen LogP contribution is -2.40. The van der Waals surface area contributed by atoms with E-state index in [1.165, 1.54) is 0 Å². The third kappa shape index (κ3) is 3.98. The number of nitrogens with zero attached hydrogens (tertiary/aromatic N) is 1. The summed E-state index contributed by atoms with van der Waals surface area (Å²) >= 11 is 0. The highest BCUT2D eigenvalue weighted by Crippen LogP contribution is 2.21. The maximum Gasteiger partial charge on any atom is 0.241 e. The SMILES string of the molecule is CCCC1NC(CC(C)C)N(CC(C)CC)C1=O. The standard InChI is InChI=1S/C15H30N2O/c1-6-8-13-15(18)17(10-12(5)7-2)14(16-13)9-11(3)4/h11-14,16H,6-10H2,1-5H3. The van der Waals surface area contributed by atoms with Gasteiger partial charge < -0.3 is 4.90 Å². The average Bonchev–Trinajstić information content (AvgIpc) is 2.57. The second-order valence-corrected chi connectivity index (χ2v) is 6.16. The Bertz CT molecular complexity index is 265. The molecule has 3 heteroatoms. The fourth-order valence-corrected chi connectivity index (χ4v) is 2.57. The first-order valence-electron chi connectivity index (χ1n) is 7.56. The molecule has 0 aliphatic carbocycles. The molecule has 0 aromatic carbocycles. The van der Waals surface area contributed by atoms with Crippen LogP contribution in [0.1, 0.15) is 60.3 Å². The second-order valence-electron chi connectivity index (χ2n) is 6.16. The summed E-state index contributed by atoms with van der Waals surface area (Å²) < 4.78 is 0. The molecule has 0 aromatic heterocycles. The summed E-state index contributed by atoms with van der Waals surface area (Å²) in [5, 5.41) is 3.53. The van der Waals surface area contributed by atoms with Crippen molar-refractivity contribution in [3.8, 4) is 0 Å². The minimum Gasteiger partial charge on any atom is -0.326 e. The van der Waals surface area contributed by atoms with Crippen molar-refractivity contribution in [3.63, 3.8) is 0 Å². The summed E-state index contributed by atoms with van der Waals surface area (Å²) in [6.45, 7) is 11.9. The van der Waals surface area contributed by atoms with Gasteiger partial charge in [-0.1, -0.05) is 47.5 Å². The Labute approximate surface area is 112 Å². The third-order valence-corrected chi connectivity index (χ3v) is 3.83. The molecule has 3 unspecified atom stereocenters. The predicted molar refractivity (Wildman–Crippen MR) is 76.2 cm³/mol. The molecule has 0 spiro atoms. The molecule has 0 aromatic rings. The van der Waals surface area contributed by atoms with Crippen LogP contribution in [-0.2, 0) is 4.79 Å². The number of hydrogen-bond acceptors (Lipinski definition) is 2. The first kappa shape index (κ1) is 15.5. The van der Waals surface area contributed by atoms with E-state index in [0.29, 0.717) is 17.7 Å². The van der Waals surface area contributed by atoms with Crippen LogP contribution in [0.2, 0.25) is 0 Å². The highest BCUT2D eigenvalue weighted by atomic mass is 16.2. The van der Waals surface area contributed by atoms with Gasteiger partial charge in [0.25, 0.3) is 0 Å². The molecule has 1 aliphatic heterocycles. The lowest BCUT2D eigenvalue weighted by molar-refractivity contribution is -0.130. The Balaban J connectivity index is 2.69. The van der Waals surface area contributed by atoms with Crippen LogP contribution in [0.5, 0.6) is 0 Å². The second kappa shape index (κ2) is 7.13. The summed E-state index contributed by atoms with van der Waals surface area (Å²) in [5.74, 6) is 1.53. The summed E-state index contributed by atoms with van der Waals surface area (Å²) in [6.07, 6.45) is 4.47. The Morgan fingerprint density at radius 2 is 1.94 bits per heavy atom. The van der Waals surface area contributed by atoms with Gasteiger partial charge in [0.2, 0.25) is 5.91 Å². The van der Waals surface area contributed by atoms with Crippen molar-refractivity contribution in [3.05, 3.63) is 0 Å². The molecule has 1 fully saturated rings. The van der Waals surface area contributed by atoms with E-state index in [4.69, 9.17) is 0 Å². The Morgan fingerprint density at radius 1 is 1.28 bits per heavy atom. The molecule has 1 heterocycles. The fourth-order valence-electron chi connectivity index (χ4n) is 2.57. The molecule has 1 aliphatic rings. The van der Waals surface area contributed by atoms with Gasteiger partial charge in [0.05, 0.1) is 12.2 Å². The van der Waals surface area contributed by atoms with E-state index in [9.17, 15) is 4.79 Å². The van der Waals surface area contributed by atoms with Gasteiger partial charge in [0, 0.05) is 6.54 Å². The molecule has 0 bridgehead atoms. The number of carbonyl (C=O) groups excluding carboxylic acids is 1. The summed E-state index contributed by atoms with van der Waals surface area (Å²) in [5.41, 5.74) is 0. The molecule has 3 atom stereocenters. The molecule has 106 valence electrons. The molecule has 1 N–H and O–H groups in total. The van der Waals surface area contributed by atoms with Crippen molar-refractivity contribution in [2.75, 3.05) is 6.54 Å². The van der Waals surface area contributed by atoms with Crippen LogP contribution < -0.4 is 5.32 Å². The number of nitrogens with one attached hydrogen (secondary N) is 1. The van der Waals surface area contributed by atoms with Crippen molar-refractivity contribution >= 4 is 5.91 Å². The average molecular weight is 254 g/mol. The quantitative estimate of drug-likeness (QED) is 0.757. The number of carbonyl (C=O) groups is 1. The molecule has 1 amide bonds. The Morgan fingerprint density at radius 3 is 2.44 bits per heavy atom. The van der Waals surface area contributed by atoms with Crippen LogP contribution in [-0.4, -0.2) is 29.6 Å². The zero-order valence-corrected chi connectivity index (χ0v) is 12.7. The smallest absolute Gasteiger partial charge is 0.241 e. The van der Waals surface area contributed by atoms with Crippen molar-refractivity contribution in [1.82, 2.24) is 10.2 Å². The Kier molecular flexibility index (Phi) is 6.13. The van der Waals surface area contributed by atoms with Crippen LogP contribution in [0.3, 0.4) is 0 Å². The fraction of sp³-hybridized carbons (Fsp3) is 0.933. The van der Waals surface area contributed by atoms with Gasteiger partial charge in [0.1, 0.15) is 0 Å². The lowest BCUT2D eigenvalue weighted by atomic mass is 10.1. The first-order valence-corrected chi connectivity index (χ1v) is 7.56. The largest absolute Gasteiger partial charge is 0.326 e. The highest BCUT2D eigenvalue weighted by molar-refractivity contribution is 5.84. The van der Waals surface area contributed by atoms with Gasteiger partial charge in [-0.2, -0.15) is 0 Å². The molecule has 0 radical (unpaired) electrons. The van der Waals surface area contributed by atoms with Gasteiger partial charge in [-0.15, -0.1) is 0 Å². The summed E-state index contributed by atoms with van der Waals surface area (Å²) in [7, 11) is 0. The Hall–Kier alpha value is -0.570. The van der Waals surface area contributed by atoms with Crippen LogP contribution in [0.15, 0.2) is 0 Å². The molecule has 18 heavy (non-hydrogen) atoms. The van der Waals surface area contributed by atoms with Crippen LogP contribution >= 0.6 is 0 Å². The number of hydrogen-bond donors (Lipinski definition) is 1. The van der Waals surface area contributed by atoms with Crippen molar-refractivity contribution in [1.29, 1.82) is 0 Å². The van der Waals surface area contributed by atoms with Gasteiger partial charge >= 0.3 is 0 Å². The van der Waals surface area contributed by atoms with E-state index in [1.54, 1.807) is 0 Å². The maximum atomic E-state index is 12.4. The molecule has 1 rings (SSSR count). The number of amides is 1. The van der Waals surface area contributed by atoms with Crippen molar-refractivity contribution in [2.24, 2.45) is 11.8 Å². The van der Waals surface area contributed by atoms with E-state index in [0.717, 1.165) is 32.2 Å². The molecular formula is C15H30N2O. The third-order valence-electron chi connectivity index (χ3n) is 3.83. The van der Waals surface area contributed by atoms with Gasteiger partial charge in [0.15, 0.2) is 0 Å². The monoisotopic (exact) mass is 254 g/mol. The van der Waals surface area contributed by atoms with E-state index < -0.39 is 0 Å².